The van der Waals surface area contributed by atoms with E-state index in [2.05, 4.69) is 10.6 Å². The minimum absolute atomic E-state index is 0.0177. The second-order valence-electron chi connectivity index (χ2n) is 4.07. The van der Waals surface area contributed by atoms with Crippen molar-refractivity contribution >= 4 is 29.7 Å². The Bertz CT molecular complexity index is 325. The average molecular weight is 291 g/mol. The summed E-state index contributed by atoms with van der Waals surface area (Å²) in [5.41, 5.74) is 4.94. The molecule has 5 N–H and O–H groups in total. The van der Waals surface area contributed by atoms with Crippen LogP contribution in [0, 0.1) is 0 Å². The summed E-state index contributed by atoms with van der Waals surface area (Å²) < 4.78 is 0. The molecular formula is C11H21N3O4S. The third kappa shape index (κ3) is 9.18. The summed E-state index contributed by atoms with van der Waals surface area (Å²) in [5.74, 6) is -0.0828. The van der Waals surface area contributed by atoms with Crippen LogP contribution >= 0.6 is 11.8 Å². The zero-order valence-corrected chi connectivity index (χ0v) is 12.0. The number of nitrogens with two attached hydrogens (primary N) is 1. The van der Waals surface area contributed by atoms with E-state index in [1.54, 1.807) is 11.8 Å². The van der Waals surface area contributed by atoms with Crippen molar-refractivity contribution in [3.8, 4) is 0 Å². The second-order valence-corrected chi connectivity index (χ2v) is 5.39. The Labute approximate surface area is 116 Å². The fourth-order valence-electron chi connectivity index (χ4n) is 1.30. The molecule has 2 atom stereocenters. The van der Waals surface area contributed by atoms with Gasteiger partial charge in [0, 0.05) is 18.2 Å². The molecule has 19 heavy (non-hydrogen) atoms. The summed E-state index contributed by atoms with van der Waals surface area (Å²) in [6.07, 6.45) is -0.103. The van der Waals surface area contributed by atoms with Gasteiger partial charge in [-0.05, 0) is 19.1 Å². The molecule has 0 rings (SSSR count). The minimum Gasteiger partial charge on any atom is -0.480 e. The fraction of sp³-hybridized carbons (Fsp3) is 0.727. The van der Waals surface area contributed by atoms with E-state index in [0.717, 1.165) is 11.5 Å². The van der Waals surface area contributed by atoms with E-state index in [9.17, 15) is 14.4 Å². The first-order chi connectivity index (χ1) is 8.86. The lowest BCUT2D eigenvalue weighted by Crippen LogP contribution is -2.49. The standard InChI is InChI=1S/C11H21N3O4S/c1-3-19-6-7(2)13-11(18)14-8(10(16)17)4-5-9(12)15/h7-8H,3-6H2,1-2H3,(H2,12,15)(H,16,17)(H2,13,14,18). The summed E-state index contributed by atoms with van der Waals surface area (Å²) in [6.45, 7) is 3.85. The summed E-state index contributed by atoms with van der Waals surface area (Å²) >= 11 is 1.68. The molecule has 0 spiro atoms. The minimum atomic E-state index is -1.19. The lowest BCUT2D eigenvalue weighted by Gasteiger charge is -2.17. The number of carboxylic acids is 1. The van der Waals surface area contributed by atoms with E-state index < -0.39 is 23.9 Å². The van der Waals surface area contributed by atoms with Crippen LogP contribution in [0.2, 0.25) is 0 Å². The van der Waals surface area contributed by atoms with E-state index >= 15 is 0 Å². The third-order valence-corrected chi connectivity index (χ3v) is 3.38. The molecule has 0 fully saturated rings. The number of thioether (sulfide) groups is 1. The molecule has 0 aliphatic rings. The Morgan fingerprint density at radius 2 is 1.95 bits per heavy atom. The molecular weight excluding hydrogens is 270 g/mol. The maximum atomic E-state index is 11.6. The Morgan fingerprint density at radius 3 is 2.42 bits per heavy atom. The van der Waals surface area contributed by atoms with Gasteiger partial charge < -0.3 is 21.5 Å². The van der Waals surface area contributed by atoms with Gasteiger partial charge in [0.05, 0.1) is 0 Å². The first-order valence-corrected chi connectivity index (χ1v) is 7.18. The molecule has 0 aromatic carbocycles. The molecule has 0 saturated carbocycles. The number of carbonyl (C=O) groups is 3. The second kappa shape index (κ2) is 9.48. The third-order valence-electron chi connectivity index (χ3n) is 2.23. The molecule has 110 valence electrons. The van der Waals surface area contributed by atoms with Crippen LogP contribution in [-0.4, -0.2) is 46.6 Å². The van der Waals surface area contributed by atoms with Gasteiger partial charge in [-0.25, -0.2) is 9.59 Å². The summed E-state index contributed by atoms with van der Waals surface area (Å²) in [7, 11) is 0. The van der Waals surface area contributed by atoms with Crippen molar-refractivity contribution < 1.29 is 19.5 Å². The highest BCUT2D eigenvalue weighted by atomic mass is 32.2. The van der Waals surface area contributed by atoms with Gasteiger partial charge in [-0.2, -0.15) is 11.8 Å². The predicted octanol–water partition coefficient (Wildman–Crippen LogP) is 0.146. The van der Waals surface area contributed by atoms with Crippen molar-refractivity contribution in [2.45, 2.75) is 38.8 Å². The van der Waals surface area contributed by atoms with Crippen LogP contribution in [0.5, 0.6) is 0 Å². The SMILES string of the molecule is CCSCC(C)NC(=O)NC(CCC(N)=O)C(=O)O. The predicted molar refractivity (Wildman–Crippen MR) is 74.0 cm³/mol. The highest BCUT2D eigenvalue weighted by Crippen LogP contribution is 2.01. The van der Waals surface area contributed by atoms with Crippen molar-refractivity contribution in [1.82, 2.24) is 10.6 Å². The van der Waals surface area contributed by atoms with E-state index in [-0.39, 0.29) is 18.9 Å². The first-order valence-electron chi connectivity index (χ1n) is 6.02. The fourth-order valence-corrected chi connectivity index (χ4v) is 1.98. The van der Waals surface area contributed by atoms with Gasteiger partial charge in [-0.3, -0.25) is 4.79 Å². The Kier molecular flexibility index (Phi) is 8.77. The number of hydrogen-bond acceptors (Lipinski definition) is 4. The first kappa shape index (κ1) is 17.6. The lowest BCUT2D eigenvalue weighted by molar-refractivity contribution is -0.139. The van der Waals surface area contributed by atoms with Gasteiger partial charge in [0.1, 0.15) is 6.04 Å². The van der Waals surface area contributed by atoms with Crippen LogP contribution in [0.3, 0.4) is 0 Å². The van der Waals surface area contributed by atoms with Gasteiger partial charge in [0.2, 0.25) is 5.91 Å². The molecule has 3 amide bonds. The van der Waals surface area contributed by atoms with Crippen LogP contribution in [0.25, 0.3) is 0 Å². The molecule has 7 nitrogen and oxygen atoms in total. The van der Waals surface area contributed by atoms with Crippen molar-refractivity contribution in [2.75, 3.05) is 11.5 Å². The van der Waals surface area contributed by atoms with Crippen LogP contribution in [0.4, 0.5) is 4.79 Å². The zero-order chi connectivity index (χ0) is 14.8. The number of rotatable bonds is 9. The zero-order valence-electron chi connectivity index (χ0n) is 11.1. The molecule has 0 bridgehead atoms. The molecule has 2 unspecified atom stereocenters. The topological polar surface area (TPSA) is 122 Å². The van der Waals surface area contributed by atoms with Crippen molar-refractivity contribution in [2.24, 2.45) is 5.73 Å². The smallest absolute Gasteiger partial charge is 0.326 e. The normalized spacial score (nSPS) is 13.4. The summed E-state index contributed by atoms with van der Waals surface area (Å²) in [4.78, 5) is 33.1. The van der Waals surface area contributed by atoms with Crippen molar-refractivity contribution in [3.05, 3.63) is 0 Å². The van der Waals surface area contributed by atoms with Crippen LogP contribution < -0.4 is 16.4 Å². The summed E-state index contributed by atoms with van der Waals surface area (Å²) in [6, 6.07) is -1.73. The van der Waals surface area contributed by atoms with Gasteiger partial charge in [-0.15, -0.1) is 0 Å². The molecule has 0 heterocycles. The molecule has 0 aromatic rings. The molecule has 0 aromatic heterocycles. The van der Waals surface area contributed by atoms with Gasteiger partial charge in [0.15, 0.2) is 0 Å². The van der Waals surface area contributed by atoms with E-state index in [0.29, 0.717) is 0 Å². The van der Waals surface area contributed by atoms with Crippen molar-refractivity contribution in [1.29, 1.82) is 0 Å². The number of hydrogen-bond donors (Lipinski definition) is 4. The number of urea groups is 1. The highest BCUT2D eigenvalue weighted by Gasteiger charge is 2.21. The number of carbonyl (C=O) groups excluding carboxylic acids is 2. The Morgan fingerprint density at radius 1 is 1.32 bits per heavy atom. The highest BCUT2D eigenvalue weighted by molar-refractivity contribution is 7.99. The maximum absolute atomic E-state index is 11.6. The Hall–Kier alpha value is -1.44. The largest absolute Gasteiger partial charge is 0.480 e. The Balaban J connectivity index is 4.16. The lowest BCUT2D eigenvalue weighted by atomic mass is 10.1. The molecule has 0 saturated heterocycles. The van der Waals surface area contributed by atoms with Gasteiger partial charge in [0.25, 0.3) is 0 Å². The number of primary amides is 1. The average Bonchev–Trinajstić information content (AvgIpc) is 2.31. The monoisotopic (exact) mass is 291 g/mol. The van der Waals surface area contributed by atoms with E-state index in [4.69, 9.17) is 10.8 Å². The molecule has 8 heteroatoms. The quantitative estimate of drug-likeness (QED) is 0.481. The van der Waals surface area contributed by atoms with Crippen LogP contribution in [0.1, 0.15) is 26.7 Å². The van der Waals surface area contributed by atoms with Crippen LogP contribution in [-0.2, 0) is 9.59 Å². The number of nitrogens with one attached hydrogen (secondary N) is 2. The van der Waals surface area contributed by atoms with Gasteiger partial charge >= 0.3 is 12.0 Å². The number of aliphatic carboxylic acids is 1. The molecule has 0 aliphatic heterocycles. The summed E-state index contributed by atoms with van der Waals surface area (Å²) in [5, 5.41) is 13.9. The number of carboxylic acid groups (broad SMARTS) is 1. The van der Waals surface area contributed by atoms with Crippen LogP contribution in [0.15, 0.2) is 0 Å². The van der Waals surface area contributed by atoms with E-state index in [1.807, 2.05) is 13.8 Å². The van der Waals surface area contributed by atoms with E-state index in [1.165, 1.54) is 0 Å². The molecule has 0 aliphatic carbocycles. The molecule has 0 radical (unpaired) electrons. The maximum Gasteiger partial charge on any atom is 0.326 e. The number of amides is 3. The van der Waals surface area contributed by atoms with Crippen molar-refractivity contribution in [3.63, 3.8) is 0 Å². The van der Waals surface area contributed by atoms with Gasteiger partial charge in [-0.1, -0.05) is 6.92 Å².